The molecule has 0 aliphatic rings. The lowest BCUT2D eigenvalue weighted by molar-refractivity contribution is 0.537. The van der Waals surface area contributed by atoms with Gasteiger partial charge in [0.15, 0.2) is 0 Å². The van der Waals surface area contributed by atoms with Gasteiger partial charge in [-0.3, -0.25) is 0 Å². The third-order valence-electron chi connectivity index (χ3n) is 4.22. The third-order valence-corrected chi connectivity index (χ3v) is 4.22. The van der Waals surface area contributed by atoms with E-state index in [2.05, 4.69) is 87.6 Å². The molecule has 0 fully saturated rings. The molecule has 1 N–H and O–H groups in total. The lowest BCUT2D eigenvalue weighted by atomic mass is 9.96. The maximum absolute atomic E-state index is 3.64. The zero-order chi connectivity index (χ0) is 15.9. The van der Waals surface area contributed by atoms with E-state index in [1.54, 1.807) is 0 Å². The smallest absolute Gasteiger partial charge is 0.0292 e. The summed E-state index contributed by atoms with van der Waals surface area (Å²) >= 11 is 0. The summed E-state index contributed by atoms with van der Waals surface area (Å²) in [6, 6.07) is 20.2. The van der Waals surface area contributed by atoms with Gasteiger partial charge in [0, 0.05) is 12.6 Å². The van der Waals surface area contributed by atoms with Crippen molar-refractivity contribution in [2.24, 2.45) is 5.92 Å². The number of nitrogens with one attached hydrogen (secondary N) is 1. The number of hydrogen-bond acceptors (Lipinski definition) is 1. The summed E-state index contributed by atoms with van der Waals surface area (Å²) < 4.78 is 0. The number of rotatable bonds is 7. The van der Waals surface area contributed by atoms with Crippen LogP contribution < -0.4 is 5.32 Å². The van der Waals surface area contributed by atoms with Crippen molar-refractivity contribution in [3.05, 3.63) is 71.3 Å². The van der Waals surface area contributed by atoms with Crippen LogP contribution in [0.2, 0.25) is 0 Å². The second kappa shape index (κ2) is 8.14. The Kier molecular flexibility index (Phi) is 6.21. The highest BCUT2D eigenvalue weighted by Crippen LogP contribution is 2.18. The topological polar surface area (TPSA) is 12.0 Å². The summed E-state index contributed by atoms with van der Waals surface area (Å²) in [5.41, 5.74) is 4.21. The standard InChI is InChI=1S/C21H29N/c1-16(2)14-19-10-12-20(13-11-19)17(3)15-22-18(4)21-8-6-5-7-9-21/h5-13,16-18,22H,14-15H2,1-4H3. The van der Waals surface area contributed by atoms with Crippen molar-refractivity contribution in [3.63, 3.8) is 0 Å². The van der Waals surface area contributed by atoms with Crippen molar-refractivity contribution in [2.75, 3.05) is 6.54 Å². The molecule has 0 saturated heterocycles. The first-order valence-electron chi connectivity index (χ1n) is 8.43. The van der Waals surface area contributed by atoms with E-state index >= 15 is 0 Å². The highest BCUT2D eigenvalue weighted by Gasteiger charge is 2.09. The molecule has 22 heavy (non-hydrogen) atoms. The van der Waals surface area contributed by atoms with Gasteiger partial charge in [-0.2, -0.15) is 0 Å². The molecule has 0 aliphatic carbocycles. The van der Waals surface area contributed by atoms with Crippen LogP contribution in [0, 0.1) is 5.92 Å². The first-order valence-corrected chi connectivity index (χ1v) is 8.43. The maximum Gasteiger partial charge on any atom is 0.0292 e. The molecule has 0 heterocycles. The van der Waals surface area contributed by atoms with Gasteiger partial charge in [-0.15, -0.1) is 0 Å². The zero-order valence-corrected chi connectivity index (χ0v) is 14.3. The van der Waals surface area contributed by atoms with Crippen LogP contribution in [0.25, 0.3) is 0 Å². The summed E-state index contributed by atoms with van der Waals surface area (Å²) in [5, 5.41) is 3.64. The van der Waals surface area contributed by atoms with E-state index in [1.807, 2.05) is 0 Å². The van der Waals surface area contributed by atoms with E-state index in [9.17, 15) is 0 Å². The maximum atomic E-state index is 3.64. The number of hydrogen-bond donors (Lipinski definition) is 1. The Labute approximate surface area is 135 Å². The van der Waals surface area contributed by atoms with Crippen molar-refractivity contribution in [1.29, 1.82) is 0 Å². The molecular weight excluding hydrogens is 266 g/mol. The predicted octanol–water partition coefficient (Wildman–Crippen LogP) is 5.34. The monoisotopic (exact) mass is 295 g/mol. The third kappa shape index (κ3) is 4.99. The summed E-state index contributed by atoms with van der Waals surface area (Å²) in [7, 11) is 0. The quantitative estimate of drug-likeness (QED) is 0.727. The van der Waals surface area contributed by atoms with Crippen LogP contribution in [0.5, 0.6) is 0 Å². The average Bonchev–Trinajstić information content (AvgIpc) is 2.53. The summed E-state index contributed by atoms with van der Waals surface area (Å²) in [4.78, 5) is 0. The van der Waals surface area contributed by atoms with Gasteiger partial charge in [-0.1, -0.05) is 75.4 Å². The molecule has 1 heteroatoms. The molecule has 2 unspecified atom stereocenters. The van der Waals surface area contributed by atoms with Gasteiger partial charge in [0.05, 0.1) is 0 Å². The van der Waals surface area contributed by atoms with Crippen LogP contribution in [0.1, 0.15) is 56.3 Å². The van der Waals surface area contributed by atoms with Crippen LogP contribution in [0.3, 0.4) is 0 Å². The Bertz CT molecular complexity index is 542. The molecule has 0 radical (unpaired) electrons. The van der Waals surface area contributed by atoms with Crippen LogP contribution in [-0.4, -0.2) is 6.54 Å². The van der Waals surface area contributed by atoms with Gasteiger partial charge >= 0.3 is 0 Å². The fourth-order valence-electron chi connectivity index (χ4n) is 2.78. The molecule has 0 saturated carbocycles. The Hall–Kier alpha value is -1.60. The number of benzene rings is 2. The molecule has 118 valence electrons. The molecule has 1 nitrogen and oxygen atoms in total. The van der Waals surface area contributed by atoms with Crippen LogP contribution in [0.15, 0.2) is 54.6 Å². The van der Waals surface area contributed by atoms with Gasteiger partial charge in [0.2, 0.25) is 0 Å². The molecule has 2 aromatic rings. The van der Waals surface area contributed by atoms with E-state index in [-0.39, 0.29) is 0 Å². The molecule has 2 rings (SSSR count). The highest BCUT2D eigenvalue weighted by atomic mass is 14.9. The minimum atomic E-state index is 0.392. The predicted molar refractivity (Wildman–Crippen MR) is 96.3 cm³/mol. The summed E-state index contributed by atoms with van der Waals surface area (Å²) in [6.45, 7) is 10.1. The molecule has 0 amide bonds. The molecule has 2 aromatic carbocycles. The summed E-state index contributed by atoms with van der Waals surface area (Å²) in [6.07, 6.45) is 1.16. The average molecular weight is 295 g/mol. The first kappa shape index (κ1) is 16.8. The Morgan fingerprint density at radius 2 is 1.41 bits per heavy atom. The lowest BCUT2D eigenvalue weighted by Crippen LogP contribution is -2.23. The van der Waals surface area contributed by atoms with E-state index in [4.69, 9.17) is 0 Å². The Balaban J connectivity index is 1.88. The van der Waals surface area contributed by atoms with Crippen LogP contribution in [-0.2, 0) is 6.42 Å². The van der Waals surface area contributed by atoms with Gasteiger partial charge in [0.1, 0.15) is 0 Å². The minimum absolute atomic E-state index is 0.392. The fourth-order valence-corrected chi connectivity index (χ4v) is 2.78. The van der Waals surface area contributed by atoms with Gasteiger partial charge in [-0.25, -0.2) is 0 Å². The zero-order valence-electron chi connectivity index (χ0n) is 14.3. The normalized spacial score (nSPS) is 14.0. The molecule has 2 atom stereocenters. The van der Waals surface area contributed by atoms with Gasteiger partial charge < -0.3 is 5.32 Å². The molecule has 0 aliphatic heterocycles. The second-order valence-electron chi connectivity index (χ2n) is 6.78. The molecule has 0 bridgehead atoms. The van der Waals surface area contributed by atoms with E-state index in [0.29, 0.717) is 12.0 Å². The van der Waals surface area contributed by atoms with Crippen LogP contribution in [0.4, 0.5) is 0 Å². The molecule has 0 aromatic heterocycles. The lowest BCUT2D eigenvalue weighted by Gasteiger charge is -2.19. The highest BCUT2D eigenvalue weighted by molar-refractivity contribution is 5.26. The van der Waals surface area contributed by atoms with Crippen molar-refractivity contribution < 1.29 is 0 Å². The van der Waals surface area contributed by atoms with Crippen LogP contribution >= 0.6 is 0 Å². The van der Waals surface area contributed by atoms with Gasteiger partial charge in [0.25, 0.3) is 0 Å². The van der Waals surface area contributed by atoms with Crippen molar-refractivity contribution in [1.82, 2.24) is 5.32 Å². The minimum Gasteiger partial charge on any atom is -0.310 e. The Morgan fingerprint density at radius 1 is 0.773 bits per heavy atom. The van der Waals surface area contributed by atoms with Crippen molar-refractivity contribution >= 4 is 0 Å². The second-order valence-corrected chi connectivity index (χ2v) is 6.78. The van der Waals surface area contributed by atoms with Gasteiger partial charge in [-0.05, 0) is 41.9 Å². The van der Waals surface area contributed by atoms with E-state index in [1.165, 1.54) is 16.7 Å². The Morgan fingerprint density at radius 3 is 2.00 bits per heavy atom. The summed E-state index contributed by atoms with van der Waals surface area (Å²) in [5.74, 6) is 1.25. The molecule has 0 spiro atoms. The van der Waals surface area contributed by atoms with E-state index in [0.717, 1.165) is 18.9 Å². The first-order chi connectivity index (χ1) is 10.6. The van der Waals surface area contributed by atoms with Crippen molar-refractivity contribution in [2.45, 2.75) is 46.1 Å². The fraction of sp³-hybridized carbons (Fsp3) is 0.429. The van der Waals surface area contributed by atoms with Crippen molar-refractivity contribution in [3.8, 4) is 0 Å². The SMILES string of the molecule is CC(C)Cc1ccc(C(C)CNC(C)c2ccccc2)cc1. The molecular formula is C21H29N. The largest absolute Gasteiger partial charge is 0.310 e. The van der Waals surface area contributed by atoms with E-state index < -0.39 is 0 Å².